The Morgan fingerprint density at radius 3 is 2.00 bits per heavy atom. The molecule has 2 atom stereocenters. The lowest BCUT2D eigenvalue weighted by molar-refractivity contribution is -0.132. The van der Waals surface area contributed by atoms with Crippen molar-refractivity contribution in [3.8, 4) is 0 Å². The highest BCUT2D eigenvalue weighted by atomic mass is 16.3. The molecule has 8 nitrogen and oxygen atoms in total. The van der Waals surface area contributed by atoms with Crippen molar-refractivity contribution in [3.63, 3.8) is 0 Å². The molecule has 0 saturated carbocycles. The third-order valence-electron chi connectivity index (χ3n) is 2.17. The van der Waals surface area contributed by atoms with Gasteiger partial charge in [0.05, 0.1) is 19.8 Å². The Hall–Kier alpha value is -1.51. The number of hydrogen-bond donors (Lipinski definition) is 5. The van der Waals surface area contributed by atoms with Gasteiger partial charge >= 0.3 is 0 Å². The minimum Gasteiger partial charge on any atom is -0.394 e. The van der Waals surface area contributed by atoms with Gasteiger partial charge in [-0.3, -0.25) is 14.4 Å². The standard InChI is InChI=1S/C10H19N3O5/c1-6(16)3-12-9(17)8(5-15)13-10(18)7(4-14)11-2/h7-8,11,14-15H,3-5H2,1-2H3,(H,12,17)(H,13,18). The average Bonchev–Trinajstić information content (AvgIpc) is 2.34. The van der Waals surface area contributed by atoms with Crippen LogP contribution >= 0.6 is 0 Å². The molecule has 5 N–H and O–H groups in total. The van der Waals surface area contributed by atoms with E-state index in [9.17, 15) is 14.4 Å². The Balaban J connectivity index is 4.36. The van der Waals surface area contributed by atoms with Crippen molar-refractivity contribution in [2.24, 2.45) is 0 Å². The number of aliphatic hydroxyl groups excluding tert-OH is 2. The highest BCUT2D eigenvalue weighted by molar-refractivity contribution is 5.91. The van der Waals surface area contributed by atoms with Crippen molar-refractivity contribution in [2.45, 2.75) is 19.0 Å². The first kappa shape index (κ1) is 16.5. The highest BCUT2D eigenvalue weighted by Crippen LogP contribution is 1.88. The predicted octanol–water partition coefficient (Wildman–Crippen LogP) is -3.25. The maximum Gasteiger partial charge on any atom is 0.245 e. The molecule has 0 aliphatic rings. The Morgan fingerprint density at radius 1 is 1.06 bits per heavy atom. The van der Waals surface area contributed by atoms with Crippen molar-refractivity contribution in [2.75, 3.05) is 26.8 Å². The van der Waals surface area contributed by atoms with E-state index in [0.717, 1.165) is 0 Å². The lowest BCUT2D eigenvalue weighted by Crippen LogP contribution is -2.55. The summed E-state index contributed by atoms with van der Waals surface area (Å²) in [5.74, 6) is -1.51. The molecule has 0 radical (unpaired) electrons. The van der Waals surface area contributed by atoms with E-state index in [-0.39, 0.29) is 12.3 Å². The minimum absolute atomic E-state index is 0.166. The number of amides is 2. The fourth-order valence-electron chi connectivity index (χ4n) is 1.11. The minimum atomic E-state index is -1.15. The van der Waals surface area contributed by atoms with Crippen molar-refractivity contribution in [1.82, 2.24) is 16.0 Å². The molecule has 0 spiro atoms. The third kappa shape index (κ3) is 5.71. The molecule has 0 aromatic heterocycles. The number of likely N-dealkylation sites (N-methyl/N-ethyl adjacent to an activating group) is 1. The predicted molar refractivity (Wildman–Crippen MR) is 62.6 cm³/mol. The van der Waals surface area contributed by atoms with Crippen molar-refractivity contribution in [3.05, 3.63) is 0 Å². The van der Waals surface area contributed by atoms with Crippen molar-refractivity contribution < 1.29 is 24.6 Å². The monoisotopic (exact) mass is 261 g/mol. The van der Waals surface area contributed by atoms with Gasteiger partial charge in [-0.1, -0.05) is 0 Å². The molecule has 0 heterocycles. The molecule has 0 aliphatic heterocycles. The van der Waals surface area contributed by atoms with E-state index in [1.165, 1.54) is 14.0 Å². The van der Waals surface area contributed by atoms with Crippen LogP contribution in [0.1, 0.15) is 6.92 Å². The van der Waals surface area contributed by atoms with Gasteiger partial charge in [0.15, 0.2) is 0 Å². The number of carbonyl (C=O) groups excluding carboxylic acids is 3. The summed E-state index contributed by atoms with van der Waals surface area (Å²) >= 11 is 0. The molecule has 2 unspecified atom stereocenters. The summed E-state index contributed by atoms with van der Waals surface area (Å²) in [5, 5.41) is 24.9. The van der Waals surface area contributed by atoms with Gasteiger partial charge in [0.1, 0.15) is 17.9 Å². The fraction of sp³-hybridized carbons (Fsp3) is 0.700. The molecular weight excluding hydrogens is 242 g/mol. The van der Waals surface area contributed by atoms with Crippen LogP contribution in [-0.2, 0) is 14.4 Å². The number of hydrogen-bond acceptors (Lipinski definition) is 6. The summed E-state index contributed by atoms with van der Waals surface area (Å²) in [7, 11) is 1.48. The second-order valence-corrected chi connectivity index (χ2v) is 3.69. The van der Waals surface area contributed by atoms with Gasteiger partial charge < -0.3 is 26.2 Å². The Kier molecular flexibility index (Phi) is 7.84. The molecule has 0 fully saturated rings. The van der Waals surface area contributed by atoms with Crippen molar-refractivity contribution >= 4 is 17.6 Å². The van der Waals surface area contributed by atoms with Gasteiger partial charge in [-0.05, 0) is 14.0 Å². The molecule has 104 valence electrons. The maximum absolute atomic E-state index is 11.5. The Labute approximate surface area is 105 Å². The zero-order valence-corrected chi connectivity index (χ0v) is 10.4. The summed E-state index contributed by atoms with van der Waals surface area (Å²) in [5.41, 5.74) is 0. The number of carbonyl (C=O) groups is 3. The number of rotatable bonds is 8. The van der Waals surface area contributed by atoms with E-state index in [2.05, 4.69) is 16.0 Å². The largest absolute Gasteiger partial charge is 0.394 e. The molecule has 0 aromatic carbocycles. The zero-order valence-electron chi connectivity index (χ0n) is 10.4. The van der Waals surface area contributed by atoms with Gasteiger partial charge in [0, 0.05) is 0 Å². The smallest absolute Gasteiger partial charge is 0.245 e. The molecule has 0 saturated heterocycles. The lowest BCUT2D eigenvalue weighted by Gasteiger charge is -2.19. The SMILES string of the molecule is CNC(CO)C(=O)NC(CO)C(=O)NCC(C)=O. The molecule has 0 bridgehead atoms. The van der Waals surface area contributed by atoms with Crippen LogP contribution in [-0.4, -0.2) is 66.7 Å². The Bertz CT molecular complexity index is 304. The van der Waals surface area contributed by atoms with Crippen LogP contribution in [0.25, 0.3) is 0 Å². The summed E-state index contributed by atoms with van der Waals surface area (Å²) in [6.45, 7) is 0.100. The number of ketones is 1. The van der Waals surface area contributed by atoms with E-state index in [1.54, 1.807) is 0 Å². The first-order chi connectivity index (χ1) is 8.46. The van der Waals surface area contributed by atoms with E-state index in [1.807, 2.05) is 0 Å². The van der Waals surface area contributed by atoms with E-state index < -0.39 is 37.1 Å². The van der Waals surface area contributed by atoms with Crippen LogP contribution in [0.4, 0.5) is 0 Å². The third-order valence-corrected chi connectivity index (χ3v) is 2.17. The second-order valence-electron chi connectivity index (χ2n) is 3.69. The zero-order chi connectivity index (χ0) is 14.1. The number of Topliss-reactive ketones (excluding diaryl/α,β-unsaturated/α-hetero) is 1. The molecule has 2 amide bonds. The summed E-state index contributed by atoms with van der Waals surface area (Å²) in [6.07, 6.45) is 0. The van der Waals surface area contributed by atoms with Gasteiger partial charge in [-0.15, -0.1) is 0 Å². The van der Waals surface area contributed by atoms with Crippen molar-refractivity contribution in [1.29, 1.82) is 0 Å². The van der Waals surface area contributed by atoms with E-state index in [0.29, 0.717) is 0 Å². The Morgan fingerprint density at radius 2 is 1.61 bits per heavy atom. The van der Waals surface area contributed by atoms with E-state index in [4.69, 9.17) is 10.2 Å². The normalized spacial score (nSPS) is 13.6. The van der Waals surface area contributed by atoms with Gasteiger partial charge in [0.2, 0.25) is 11.8 Å². The van der Waals surface area contributed by atoms with Crippen LogP contribution < -0.4 is 16.0 Å². The number of nitrogens with one attached hydrogen (secondary N) is 3. The fourth-order valence-corrected chi connectivity index (χ4v) is 1.11. The number of aliphatic hydroxyl groups is 2. The summed E-state index contributed by atoms with van der Waals surface area (Å²) in [6, 6.07) is -2.01. The average molecular weight is 261 g/mol. The maximum atomic E-state index is 11.5. The second kappa shape index (κ2) is 8.56. The van der Waals surface area contributed by atoms with Gasteiger partial charge in [-0.2, -0.15) is 0 Å². The van der Waals surface area contributed by atoms with Crippen LogP contribution in [0.5, 0.6) is 0 Å². The van der Waals surface area contributed by atoms with E-state index >= 15 is 0 Å². The molecular formula is C10H19N3O5. The summed E-state index contributed by atoms with van der Waals surface area (Å²) < 4.78 is 0. The first-order valence-corrected chi connectivity index (χ1v) is 5.42. The van der Waals surface area contributed by atoms with Gasteiger partial charge in [-0.25, -0.2) is 0 Å². The molecule has 0 aliphatic carbocycles. The molecule has 0 rings (SSSR count). The first-order valence-electron chi connectivity index (χ1n) is 5.42. The molecule has 18 heavy (non-hydrogen) atoms. The van der Waals surface area contributed by atoms with Crippen LogP contribution in [0.3, 0.4) is 0 Å². The highest BCUT2D eigenvalue weighted by Gasteiger charge is 2.23. The lowest BCUT2D eigenvalue weighted by atomic mass is 10.2. The molecule has 0 aromatic rings. The topological polar surface area (TPSA) is 128 Å². The van der Waals surface area contributed by atoms with Crippen LogP contribution in [0.2, 0.25) is 0 Å². The molecule has 8 heteroatoms. The van der Waals surface area contributed by atoms with Gasteiger partial charge in [0.25, 0.3) is 0 Å². The quantitative estimate of drug-likeness (QED) is 0.312. The van der Waals surface area contributed by atoms with Crippen LogP contribution in [0.15, 0.2) is 0 Å². The summed E-state index contributed by atoms with van der Waals surface area (Å²) in [4.78, 5) is 33.7. The van der Waals surface area contributed by atoms with Crippen LogP contribution in [0, 0.1) is 0 Å².